The average molecular weight is 480 g/mol. The maximum atomic E-state index is 13.3. The Morgan fingerprint density at radius 1 is 1.17 bits per heavy atom. The van der Waals surface area contributed by atoms with Crippen molar-refractivity contribution in [1.29, 1.82) is 0 Å². The van der Waals surface area contributed by atoms with Crippen LogP contribution in [-0.2, 0) is 20.7 Å². The Morgan fingerprint density at radius 2 is 1.77 bits per heavy atom. The predicted octanol–water partition coefficient (Wildman–Crippen LogP) is 3.14. The van der Waals surface area contributed by atoms with Crippen molar-refractivity contribution in [2.75, 3.05) is 0 Å². The van der Waals surface area contributed by atoms with Gasteiger partial charge in [0.05, 0.1) is 0 Å². The van der Waals surface area contributed by atoms with E-state index < -0.39 is 29.7 Å². The highest BCUT2D eigenvalue weighted by atomic mass is 79.9. The number of halogens is 1. The van der Waals surface area contributed by atoms with Crippen molar-refractivity contribution >= 4 is 33.8 Å². The summed E-state index contributed by atoms with van der Waals surface area (Å²) in [5.74, 6) is -0.879. The Morgan fingerprint density at radius 3 is 2.30 bits per heavy atom. The normalized spacial score (nSPS) is 24.3. The molecule has 4 rings (SSSR count). The molecule has 1 saturated carbocycles. The highest BCUT2D eigenvalue weighted by Crippen LogP contribution is 2.40. The molecule has 7 nitrogen and oxygen atoms in total. The lowest BCUT2D eigenvalue weighted by atomic mass is 9.74. The molecule has 0 unspecified atom stereocenters. The summed E-state index contributed by atoms with van der Waals surface area (Å²) < 4.78 is 6.51. The quantitative estimate of drug-likeness (QED) is 0.676. The molecule has 3 fully saturated rings. The molecular formula is C22H30BrN3O4. The monoisotopic (exact) mass is 479 g/mol. The van der Waals surface area contributed by atoms with Gasteiger partial charge in [0.1, 0.15) is 17.7 Å². The predicted molar refractivity (Wildman–Crippen MR) is 117 cm³/mol. The summed E-state index contributed by atoms with van der Waals surface area (Å²) in [4.78, 5) is 39.8. The van der Waals surface area contributed by atoms with E-state index in [9.17, 15) is 14.4 Å². The minimum absolute atomic E-state index is 0.0147. The largest absolute Gasteiger partial charge is 0.444 e. The van der Waals surface area contributed by atoms with Crippen molar-refractivity contribution in [1.82, 2.24) is 10.2 Å². The molecular weight excluding hydrogens is 450 g/mol. The number of amides is 3. The lowest BCUT2D eigenvalue weighted by molar-refractivity contribution is -0.137. The topological polar surface area (TPSA) is 102 Å². The second kappa shape index (κ2) is 8.96. The number of rotatable bonds is 5. The maximum absolute atomic E-state index is 13.3. The lowest BCUT2D eigenvalue weighted by Crippen LogP contribution is -2.64. The second-order valence-corrected chi connectivity index (χ2v) is 10.1. The third-order valence-corrected chi connectivity index (χ3v) is 6.30. The summed E-state index contributed by atoms with van der Waals surface area (Å²) in [6, 6.07) is 6.00. The molecule has 2 bridgehead atoms. The molecule has 1 aliphatic carbocycles. The summed E-state index contributed by atoms with van der Waals surface area (Å²) in [5.41, 5.74) is 5.82. The number of piperidine rings is 2. The van der Waals surface area contributed by atoms with Crippen LogP contribution in [0.25, 0.3) is 0 Å². The highest BCUT2D eigenvalue weighted by Gasteiger charge is 2.49. The van der Waals surface area contributed by atoms with E-state index in [4.69, 9.17) is 10.5 Å². The Hall–Kier alpha value is -2.09. The number of benzene rings is 1. The van der Waals surface area contributed by atoms with E-state index in [-0.39, 0.29) is 17.9 Å². The molecule has 1 aromatic rings. The number of carbonyl (C=O) groups excluding carboxylic acids is 3. The van der Waals surface area contributed by atoms with E-state index in [1.807, 2.05) is 45.0 Å². The molecule has 0 radical (unpaired) electrons. The Kier molecular flexibility index (Phi) is 6.75. The van der Waals surface area contributed by atoms with E-state index in [2.05, 4.69) is 21.2 Å². The summed E-state index contributed by atoms with van der Waals surface area (Å²) in [7, 11) is 0. The van der Waals surface area contributed by atoms with Crippen LogP contribution in [-0.4, -0.2) is 46.5 Å². The standard InChI is InChI=1S/C22H30BrN3O4/c1-22(2,3)30-21(29)26-16-10-6-14(7-11-16)18(26)20(28)25-17(19(24)27)12-13-4-8-15(23)9-5-13/h4-5,8-9,14,16-18H,6-7,10-12H2,1-3H3,(H2,24,27)(H,25,28)/t14?,16?,17-,18-/m0/s1. The van der Waals surface area contributed by atoms with Gasteiger partial charge in [0.15, 0.2) is 0 Å². The second-order valence-electron chi connectivity index (χ2n) is 9.20. The molecule has 30 heavy (non-hydrogen) atoms. The Balaban J connectivity index is 1.76. The number of fused-ring (bicyclic) bond motifs is 3. The van der Waals surface area contributed by atoms with Crippen LogP contribution in [0.1, 0.15) is 52.0 Å². The van der Waals surface area contributed by atoms with Crippen molar-refractivity contribution in [2.24, 2.45) is 11.7 Å². The molecule has 0 spiro atoms. The molecule has 2 aliphatic heterocycles. The van der Waals surface area contributed by atoms with Gasteiger partial charge in [-0.15, -0.1) is 0 Å². The molecule has 2 saturated heterocycles. The zero-order chi connectivity index (χ0) is 22.1. The van der Waals surface area contributed by atoms with Gasteiger partial charge in [0.25, 0.3) is 0 Å². The lowest BCUT2D eigenvalue weighted by Gasteiger charge is -2.50. The third-order valence-electron chi connectivity index (χ3n) is 5.77. The molecule has 3 N–H and O–H groups in total. The van der Waals surface area contributed by atoms with E-state index >= 15 is 0 Å². The smallest absolute Gasteiger partial charge is 0.411 e. The molecule has 164 valence electrons. The van der Waals surface area contributed by atoms with Crippen LogP contribution in [0.15, 0.2) is 28.7 Å². The van der Waals surface area contributed by atoms with Crippen molar-refractivity contribution in [3.05, 3.63) is 34.3 Å². The Bertz CT molecular complexity index is 798. The van der Waals surface area contributed by atoms with Crippen LogP contribution in [0.4, 0.5) is 4.79 Å². The van der Waals surface area contributed by atoms with Crippen molar-refractivity contribution in [3.8, 4) is 0 Å². The first-order valence-corrected chi connectivity index (χ1v) is 11.2. The van der Waals surface area contributed by atoms with Crippen LogP contribution >= 0.6 is 15.9 Å². The van der Waals surface area contributed by atoms with E-state index in [1.54, 1.807) is 4.90 Å². The first-order chi connectivity index (χ1) is 14.0. The fourth-order valence-corrected chi connectivity index (χ4v) is 4.67. The summed E-state index contributed by atoms with van der Waals surface area (Å²) >= 11 is 3.38. The summed E-state index contributed by atoms with van der Waals surface area (Å²) in [5, 5.41) is 2.81. The summed E-state index contributed by atoms with van der Waals surface area (Å²) in [6.45, 7) is 5.43. The van der Waals surface area contributed by atoms with Crippen LogP contribution in [0, 0.1) is 5.92 Å². The van der Waals surface area contributed by atoms with Gasteiger partial charge in [-0.3, -0.25) is 14.5 Å². The van der Waals surface area contributed by atoms with Gasteiger partial charge in [-0.05, 0) is 70.1 Å². The number of nitrogens with two attached hydrogens (primary N) is 1. The van der Waals surface area contributed by atoms with E-state index in [1.165, 1.54) is 0 Å². The van der Waals surface area contributed by atoms with Crippen LogP contribution < -0.4 is 11.1 Å². The molecule has 8 heteroatoms. The Labute approximate surface area is 185 Å². The van der Waals surface area contributed by atoms with Gasteiger partial charge in [-0.1, -0.05) is 28.1 Å². The molecule has 3 aliphatic rings. The van der Waals surface area contributed by atoms with Gasteiger partial charge in [0, 0.05) is 16.9 Å². The number of hydrogen-bond donors (Lipinski definition) is 2. The third kappa shape index (κ3) is 5.33. The zero-order valence-electron chi connectivity index (χ0n) is 17.7. The molecule has 2 atom stereocenters. The van der Waals surface area contributed by atoms with Gasteiger partial charge >= 0.3 is 6.09 Å². The number of hydrogen-bond acceptors (Lipinski definition) is 4. The van der Waals surface area contributed by atoms with Crippen LogP contribution in [0.3, 0.4) is 0 Å². The van der Waals surface area contributed by atoms with Gasteiger partial charge < -0.3 is 15.8 Å². The first-order valence-electron chi connectivity index (χ1n) is 10.4. The van der Waals surface area contributed by atoms with Gasteiger partial charge in [-0.2, -0.15) is 0 Å². The number of ether oxygens (including phenoxy) is 1. The van der Waals surface area contributed by atoms with Crippen molar-refractivity contribution in [2.45, 2.75) is 76.6 Å². The number of nitrogens with one attached hydrogen (secondary N) is 1. The van der Waals surface area contributed by atoms with Crippen LogP contribution in [0.5, 0.6) is 0 Å². The van der Waals surface area contributed by atoms with E-state index in [0.29, 0.717) is 6.42 Å². The first kappa shape index (κ1) is 22.6. The van der Waals surface area contributed by atoms with Crippen molar-refractivity contribution in [3.63, 3.8) is 0 Å². The fourth-order valence-electron chi connectivity index (χ4n) is 4.40. The minimum atomic E-state index is -0.848. The summed E-state index contributed by atoms with van der Waals surface area (Å²) in [6.07, 6.45) is 3.33. The fraction of sp³-hybridized carbons (Fsp3) is 0.591. The number of nitrogens with zero attached hydrogens (tertiary/aromatic N) is 1. The molecule has 2 heterocycles. The molecule has 0 aromatic heterocycles. The number of carbonyl (C=O) groups is 3. The van der Waals surface area contributed by atoms with Crippen LogP contribution in [0.2, 0.25) is 0 Å². The minimum Gasteiger partial charge on any atom is -0.444 e. The highest BCUT2D eigenvalue weighted by molar-refractivity contribution is 9.10. The average Bonchev–Trinajstić information content (AvgIpc) is 2.67. The zero-order valence-corrected chi connectivity index (χ0v) is 19.3. The molecule has 3 amide bonds. The number of primary amides is 1. The van der Waals surface area contributed by atoms with Gasteiger partial charge in [-0.25, -0.2) is 4.79 Å². The van der Waals surface area contributed by atoms with Gasteiger partial charge in [0.2, 0.25) is 11.8 Å². The van der Waals surface area contributed by atoms with E-state index in [0.717, 1.165) is 35.7 Å². The molecule has 1 aromatic carbocycles. The SMILES string of the molecule is CC(C)(C)OC(=O)N1C2CCC(CC2)[C@H]1C(=O)N[C@@H](Cc1ccc(Br)cc1)C(N)=O. The van der Waals surface area contributed by atoms with Crippen molar-refractivity contribution < 1.29 is 19.1 Å². The maximum Gasteiger partial charge on any atom is 0.411 e.